The number of benzene rings is 1. The molecular formula is C13H15BrN2O5. The minimum absolute atomic E-state index is 0.187. The zero-order valence-electron chi connectivity index (χ0n) is 11.2. The van der Waals surface area contributed by atoms with E-state index in [1.165, 1.54) is 0 Å². The van der Waals surface area contributed by atoms with Crippen LogP contribution in [-0.2, 0) is 9.59 Å². The first-order chi connectivity index (χ1) is 9.81. The fraction of sp³-hybridized carbons (Fsp3) is 0.308. The van der Waals surface area contributed by atoms with E-state index in [-0.39, 0.29) is 12.8 Å². The lowest BCUT2D eigenvalue weighted by molar-refractivity contribution is -0.140. The fourth-order valence-corrected chi connectivity index (χ4v) is 1.95. The van der Waals surface area contributed by atoms with Crippen molar-refractivity contribution < 1.29 is 24.6 Å². The van der Waals surface area contributed by atoms with Gasteiger partial charge in [0.25, 0.3) is 0 Å². The van der Waals surface area contributed by atoms with Gasteiger partial charge in [0.05, 0.1) is 5.69 Å². The Hall–Kier alpha value is -2.09. The van der Waals surface area contributed by atoms with Crippen LogP contribution >= 0.6 is 15.9 Å². The summed E-state index contributed by atoms with van der Waals surface area (Å²) in [5, 5.41) is 22.3. The van der Waals surface area contributed by atoms with Crippen LogP contribution in [0, 0.1) is 6.92 Å². The average Bonchev–Trinajstić information content (AvgIpc) is 2.39. The van der Waals surface area contributed by atoms with Crippen LogP contribution in [0.4, 0.5) is 10.5 Å². The number of aliphatic carboxylic acids is 2. The summed E-state index contributed by atoms with van der Waals surface area (Å²) in [6.45, 7) is 1.85. The number of hydrogen-bond donors (Lipinski definition) is 4. The molecule has 4 N–H and O–H groups in total. The molecule has 114 valence electrons. The summed E-state index contributed by atoms with van der Waals surface area (Å²) in [4.78, 5) is 33.2. The van der Waals surface area contributed by atoms with Gasteiger partial charge in [-0.05, 0) is 40.9 Å². The van der Waals surface area contributed by atoms with Gasteiger partial charge in [0.1, 0.15) is 6.04 Å². The first-order valence-electron chi connectivity index (χ1n) is 6.08. The van der Waals surface area contributed by atoms with Crippen molar-refractivity contribution in [2.45, 2.75) is 25.8 Å². The van der Waals surface area contributed by atoms with Crippen LogP contribution in [0.3, 0.4) is 0 Å². The zero-order valence-corrected chi connectivity index (χ0v) is 12.8. The predicted molar refractivity (Wildman–Crippen MR) is 79.3 cm³/mol. The molecule has 0 aliphatic carbocycles. The number of carbonyl (C=O) groups is 3. The summed E-state index contributed by atoms with van der Waals surface area (Å²) >= 11 is 3.32. The molecule has 0 saturated heterocycles. The van der Waals surface area contributed by atoms with Crippen molar-refractivity contribution in [2.24, 2.45) is 0 Å². The van der Waals surface area contributed by atoms with E-state index < -0.39 is 24.0 Å². The van der Waals surface area contributed by atoms with Crippen molar-refractivity contribution >= 4 is 39.6 Å². The second-order valence-electron chi connectivity index (χ2n) is 4.36. The average molecular weight is 359 g/mol. The van der Waals surface area contributed by atoms with E-state index in [9.17, 15) is 14.4 Å². The van der Waals surface area contributed by atoms with E-state index in [1.54, 1.807) is 12.1 Å². The number of hydrogen-bond acceptors (Lipinski definition) is 3. The normalized spacial score (nSPS) is 11.5. The highest BCUT2D eigenvalue weighted by molar-refractivity contribution is 9.10. The molecule has 1 aromatic carbocycles. The Morgan fingerprint density at radius 1 is 1.29 bits per heavy atom. The number of anilines is 1. The highest BCUT2D eigenvalue weighted by atomic mass is 79.9. The Balaban J connectivity index is 2.67. The molecule has 0 heterocycles. The molecule has 1 atom stereocenters. The summed E-state index contributed by atoms with van der Waals surface area (Å²) in [6.07, 6.45) is -0.529. The molecule has 0 aliphatic heterocycles. The smallest absolute Gasteiger partial charge is 0.326 e. The second kappa shape index (κ2) is 7.63. The maximum atomic E-state index is 11.8. The van der Waals surface area contributed by atoms with Crippen molar-refractivity contribution in [1.29, 1.82) is 0 Å². The molecule has 21 heavy (non-hydrogen) atoms. The Morgan fingerprint density at radius 3 is 2.52 bits per heavy atom. The quantitative estimate of drug-likeness (QED) is 0.622. The lowest BCUT2D eigenvalue weighted by Gasteiger charge is -2.15. The Kier molecular flexibility index (Phi) is 6.16. The molecule has 2 amide bonds. The van der Waals surface area contributed by atoms with Crippen LogP contribution in [0.25, 0.3) is 0 Å². The zero-order chi connectivity index (χ0) is 16.0. The van der Waals surface area contributed by atoms with Crippen LogP contribution < -0.4 is 10.6 Å². The number of halogens is 1. The molecule has 1 aromatic rings. The van der Waals surface area contributed by atoms with Gasteiger partial charge in [-0.3, -0.25) is 4.79 Å². The number of nitrogens with one attached hydrogen (secondary N) is 2. The second-order valence-corrected chi connectivity index (χ2v) is 5.15. The van der Waals surface area contributed by atoms with Gasteiger partial charge in [0.15, 0.2) is 0 Å². The molecule has 0 unspecified atom stereocenters. The summed E-state index contributed by atoms with van der Waals surface area (Å²) in [6, 6.07) is 3.28. The monoisotopic (exact) mass is 358 g/mol. The highest BCUT2D eigenvalue weighted by Crippen LogP contribution is 2.25. The van der Waals surface area contributed by atoms with Crippen LogP contribution in [-0.4, -0.2) is 34.2 Å². The number of carboxylic acids is 2. The van der Waals surface area contributed by atoms with E-state index in [0.29, 0.717) is 10.2 Å². The summed E-state index contributed by atoms with van der Waals surface area (Å²) in [5.41, 5.74) is 1.41. The van der Waals surface area contributed by atoms with Gasteiger partial charge in [-0.15, -0.1) is 0 Å². The van der Waals surface area contributed by atoms with E-state index in [0.717, 1.165) is 5.56 Å². The van der Waals surface area contributed by atoms with E-state index in [4.69, 9.17) is 10.2 Å². The molecule has 0 radical (unpaired) electrons. The van der Waals surface area contributed by atoms with Crippen LogP contribution in [0.2, 0.25) is 0 Å². The van der Waals surface area contributed by atoms with Gasteiger partial charge in [-0.1, -0.05) is 12.1 Å². The van der Waals surface area contributed by atoms with Crippen molar-refractivity contribution in [1.82, 2.24) is 5.32 Å². The molecule has 0 bridgehead atoms. The summed E-state index contributed by atoms with van der Waals surface area (Å²) < 4.78 is 0.692. The fourth-order valence-electron chi connectivity index (χ4n) is 1.59. The molecule has 0 saturated carbocycles. The van der Waals surface area contributed by atoms with Crippen molar-refractivity contribution in [3.8, 4) is 0 Å². The number of carbonyl (C=O) groups excluding carboxylic acids is 1. The van der Waals surface area contributed by atoms with Crippen molar-refractivity contribution in [3.05, 3.63) is 28.2 Å². The third kappa shape index (κ3) is 5.42. The van der Waals surface area contributed by atoms with Crippen LogP contribution in [0.1, 0.15) is 18.4 Å². The molecule has 8 heteroatoms. The molecule has 0 spiro atoms. The van der Waals surface area contributed by atoms with Crippen LogP contribution in [0.5, 0.6) is 0 Å². The SMILES string of the molecule is Cc1cccc(NC(=O)N[C@@H](CCC(=O)O)C(=O)O)c1Br. The number of aryl methyl sites for hydroxylation is 1. The summed E-state index contributed by atoms with van der Waals surface area (Å²) in [7, 11) is 0. The molecule has 0 aromatic heterocycles. The van der Waals surface area contributed by atoms with Gasteiger partial charge < -0.3 is 20.8 Å². The van der Waals surface area contributed by atoms with Gasteiger partial charge in [0.2, 0.25) is 0 Å². The number of amides is 2. The maximum Gasteiger partial charge on any atom is 0.326 e. The van der Waals surface area contributed by atoms with Gasteiger partial charge in [-0.2, -0.15) is 0 Å². The third-order valence-electron chi connectivity index (χ3n) is 2.69. The third-order valence-corrected chi connectivity index (χ3v) is 3.74. The lowest BCUT2D eigenvalue weighted by atomic mass is 10.1. The largest absolute Gasteiger partial charge is 0.481 e. The van der Waals surface area contributed by atoms with E-state index >= 15 is 0 Å². The Labute approximate surface area is 129 Å². The van der Waals surface area contributed by atoms with Crippen molar-refractivity contribution in [2.75, 3.05) is 5.32 Å². The minimum Gasteiger partial charge on any atom is -0.481 e. The van der Waals surface area contributed by atoms with Crippen molar-refractivity contribution in [3.63, 3.8) is 0 Å². The Morgan fingerprint density at radius 2 is 1.95 bits per heavy atom. The van der Waals surface area contributed by atoms with E-state index in [1.807, 2.05) is 13.0 Å². The molecule has 1 rings (SSSR count). The lowest BCUT2D eigenvalue weighted by Crippen LogP contribution is -2.43. The predicted octanol–water partition coefficient (Wildman–Crippen LogP) is 2.20. The first kappa shape index (κ1) is 17.0. The maximum absolute atomic E-state index is 11.8. The number of rotatable bonds is 6. The van der Waals surface area contributed by atoms with Crippen LogP contribution in [0.15, 0.2) is 22.7 Å². The summed E-state index contributed by atoms with van der Waals surface area (Å²) in [5.74, 6) is -2.40. The topological polar surface area (TPSA) is 116 Å². The van der Waals surface area contributed by atoms with E-state index in [2.05, 4.69) is 26.6 Å². The molecular weight excluding hydrogens is 344 g/mol. The highest BCUT2D eigenvalue weighted by Gasteiger charge is 2.21. The molecule has 0 fully saturated rings. The molecule has 0 aliphatic rings. The number of urea groups is 1. The van der Waals surface area contributed by atoms with Gasteiger partial charge in [-0.25, -0.2) is 9.59 Å². The molecule has 7 nitrogen and oxygen atoms in total. The van der Waals surface area contributed by atoms with Gasteiger partial charge >= 0.3 is 18.0 Å². The Bertz CT molecular complexity index is 561. The van der Waals surface area contributed by atoms with Gasteiger partial charge in [0, 0.05) is 10.9 Å². The standard InChI is InChI=1S/C13H15BrN2O5/c1-7-3-2-4-8(11(7)14)15-13(21)16-9(12(19)20)5-6-10(17)18/h2-4,9H,5-6H2,1H3,(H,17,18)(H,19,20)(H2,15,16,21)/t9-/m0/s1. The number of carboxylic acid groups (broad SMARTS) is 2. The first-order valence-corrected chi connectivity index (χ1v) is 6.87. The minimum atomic E-state index is -1.28.